The average molecular weight is 308 g/mol. The van der Waals surface area contributed by atoms with Gasteiger partial charge in [0.05, 0.1) is 12.5 Å². The van der Waals surface area contributed by atoms with Crippen LogP contribution in [0.5, 0.6) is 0 Å². The highest BCUT2D eigenvalue weighted by atomic mass is 19.4. The van der Waals surface area contributed by atoms with Crippen LogP contribution in [-0.2, 0) is 9.53 Å². The maximum atomic E-state index is 12.7. The molecular weight excluding hydrogens is 289 g/mol. The summed E-state index contributed by atoms with van der Waals surface area (Å²) in [7, 11) is 0. The third-order valence-corrected chi connectivity index (χ3v) is 3.71. The molecule has 0 aromatic carbocycles. The van der Waals surface area contributed by atoms with Gasteiger partial charge in [-0.05, 0) is 38.1 Å². The monoisotopic (exact) mass is 308 g/mol. The van der Waals surface area contributed by atoms with Crippen LogP contribution in [0.25, 0.3) is 10.4 Å². The molecule has 1 aliphatic carbocycles. The van der Waals surface area contributed by atoms with Gasteiger partial charge in [-0.3, -0.25) is 4.79 Å². The zero-order chi connectivity index (χ0) is 15.9. The maximum absolute atomic E-state index is 12.7. The van der Waals surface area contributed by atoms with Crippen molar-refractivity contribution in [3.8, 4) is 0 Å². The first-order valence-electron chi connectivity index (χ1n) is 6.85. The van der Waals surface area contributed by atoms with E-state index in [9.17, 15) is 18.0 Å². The number of azide groups is 1. The Morgan fingerprint density at radius 3 is 2.57 bits per heavy atom. The molecule has 0 atom stereocenters. The molecule has 0 aromatic heterocycles. The second kappa shape index (κ2) is 7.51. The number of nitrogens with one attached hydrogen (secondary N) is 1. The lowest BCUT2D eigenvalue weighted by Gasteiger charge is -2.39. The second-order valence-corrected chi connectivity index (χ2v) is 5.00. The molecular formula is C12H19F3N4O2. The van der Waals surface area contributed by atoms with Crippen LogP contribution >= 0.6 is 0 Å². The fourth-order valence-electron chi connectivity index (χ4n) is 2.55. The molecule has 120 valence electrons. The Kier molecular flexibility index (Phi) is 6.29. The maximum Gasteiger partial charge on any atom is 0.391 e. The molecule has 0 unspecified atom stereocenters. The fourth-order valence-corrected chi connectivity index (χ4v) is 2.55. The fraction of sp³-hybridized carbons (Fsp3) is 0.917. The van der Waals surface area contributed by atoms with Crippen molar-refractivity contribution in [1.82, 2.24) is 5.32 Å². The summed E-state index contributed by atoms with van der Waals surface area (Å²) in [6, 6.07) is 0. The van der Waals surface area contributed by atoms with E-state index < -0.39 is 23.6 Å². The zero-order valence-corrected chi connectivity index (χ0v) is 11.8. The summed E-state index contributed by atoms with van der Waals surface area (Å²) >= 11 is 0. The van der Waals surface area contributed by atoms with Crippen LogP contribution in [0.15, 0.2) is 5.11 Å². The van der Waals surface area contributed by atoms with Gasteiger partial charge in [0, 0.05) is 18.0 Å². The predicted molar refractivity (Wildman–Crippen MR) is 69.4 cm³/mol. The molecule has 0 amide bonds. The van der Waals surface area contributed by atoms with Gasteiger partial charge in [-0.1, -0.05) is 5.11 Å². The molecule has 0 heterocycles. The Labute approximate surface area is 120 Å². The Hall–Kier alpha value is -1.47. The van der Waals surface area contributed by atoms with Gasteiger partial charge in [0.1, 0.15) is 5.54 Å². The largest absolute Gasteiger partial charge is 0.465 e. The van der Waals surface area contributed by atoms with E-state index >= 15 is 0 Å². The molecule has 21 heavy (non-hydrogen) atoms. The minimum absolute atomic E-state index is 0.0618. The van der Waals surface area contributed by atoms with Gasteiger partial charge in [-0.25, -0.2) is 0 Å². The lowest BCUT2D eigenvalue weighted by atomic mass is 9.76. The molecule has 1 aliphatic rings. The smallest absolute Gasteiger partial charge is 0.391 e. The van der Waals surface area contributed by atoms with E-state index in [0.29, 0.717) is 0 Å². The molecule has 6 nitrogen and oxygen atoms in total. The van der Waals surface area contributed by atoms with Gasteiger partial charge in [0.2, 0.25) is 0 Å². The van der Waals surface area contributed by atoms with Crippen molar-refractivity contribution in [2.45, 2.75) is 44.3 Å². The van der Waals surface area contributed by atoms with Gasteiger partial charge in [0.25, 0.3) is 0 Å². The normalized spacial score (nSPS) is 26.0. The summed E-state index contributed by atoms with van der Waals surface area (Å²) in [6.07, 6.45) is -4.34. The molecule has 0 aromatic rings. The van der Waals surface area contributed by atoms with E-state index in [1.807, 2.05) is 0 Å². The third kappa shape index (κ3) is 4.78. The number of halogens is 3. The number of alkyl halides is 3. The number of carbonyl (C=O) groups excluding carboxylic acids is 1. The van der Waals surface area contributed by atoms with Crippen molar-refractivity contribution >= 4 is 5.97 Å². The number of esters is 1. The van der Waals surface area contributed by atoms with E-state index in [0.717, 1.165) is 0 Å². The number of hydrogen-bond acceptors (Lipinski definition) is 4. The van der Waals surface area contributed by atoms with Crippen molar-refractivity contribution in [3.63, 3.8) is 0 Å². The summed E-state index contributed by atoms with van der Waals surface area (Å²) in [5.41, 5.74) is 7.09. The van der Waals surface area contributed by atoms with Crippen LogP contribution in [-0.4, -0.2) is 37.4 Å². The molecule has 0 bridgehead atoms. The van der Waals surface area contributed by atoms with Gasteiger partial charge < -0.3 is 10.1 Å². The summed E-state index contributed by atoms with van der Waals surface area (Å²) in [6.45, 7) is 2.16. The van der Waals surface area contributed by atoms with Crippen molar-refractivity contribution < 1.29 is 22.7 Å². The van der Waals surface area contributed by atoms with Crippen LogP contribution in [0.3, 0.4) is 0 Å². The minimum Gasteiger partial charge on any atom is -0.465 e. The second-order valence-electron chi connectivity index (χ2n) is 5.00. The number of rotatable bonds is 6. The summed E-state index contributed by atoms with van der Waals surface area (Å²) in [5.74, 6) is -1.91. The molecule has 9 heteroatoms. The lowest BCUT2D eigenvalue weighted by Crippen LogP contribution is -2.56. The molecule has 0 saturated heterocycles. The molecule has 0 aliphatic heterocycles. The summed E-state index contributed by atoms with van der Waals surface area (Å²) in [5, 5.41) is 6.25. The SMILES string of the molecule is CCOC(=O)C1(NCCN=[N+]=[N-])CCC(C(F)(F)F)CC1. The Bertz CT molecular complexity index is 400. The predicted octanol–water partition coefficient (Wildman–Crippen LogP) is 2.94. The Morgan fingerprint density at radius 2 is 2.10 bits per heavy atom. The standard InChI is InChI=1S/C12H19F3N4O2/c1-2-21-10(20)11(17-7-8-18-19-16)5-3-9(4-6-11)12(13,14)15/h9,17H,2-8H2,1H3. The van der Waals surface area contributed by atoms with E-state index in [1.54, 1.807) is 6.92 Å². The van der Waals surface area contributed by atoms with Crippen LogP contribution in [0.1, 0.15) is 32.6 Å². The van der Waals surface area contributed by atoms with Crippen molar-refractivity contribution in [3.05, 3.63) is 10.4 Å². The first-order chi connectivity index (χ1) is 9.85. The van der Waals surface area contributed by atoms with Crippen LogP contribution in [0, 0.1) is 5.92 Å². The molecule has 1 rings (SSSR count). The molecule has 1 N–H and O–H groups in total. The number of nitrogens with zero attached hydrogens (tertiary/aromatic N) is 3. The minimum atomic E-state index is -4.23. The Morgan fingerprint density at radius 1 is 1.48 bits per heavy atom. The van der Waals surface area contributed by atoms with Gasteiger partial charge in [0.15, 0.2) is 0 Å². The molecule has 1 fully saturated rings. The topological polar surface area (TPSA) is 87.1 Å². The van der Waals surface area contributed by atoms with Crippen molar-refractivity contribution in [2.24, 2.45) is 11.0 Å². The first kappa shape index (κ1) is 17.6. The number of ether oxygens (including phenoxy) is 1. The average Bonchev–Trinajstić information content (AvgIpc) is 2.43. The van der Waals surface area contributed by atoms with E-state index in [-0.39, 0.29) is 45.4 Å². The number of carbonyl (C=O) groups is 1. The zero-order valence-electron chi connectivity index (χ0n) is 11.8. The van der Waals surface area contributed by atoms with E-state index in [4.69, 9.17) is 10.3 Å². The van der Waals surface area contributed by atoms with Crippen LogP contribution in [0.2, 0.25) is 0 Å². The van der Waals surface area contributed by atoms with Crippen LogP contribution in [0.4, 0.5) is 13.2 Å². The highest BCUT2D eigenvalue weighted by Gasteiger charge is 2.49. The number of hydrogen-bond donors (Lipinski definition) is 1. The summed E-state index contributed by atoms with van der Waals surface area (Å²) in [4.78, 5) is 14.7. The van der Waals surface area contributed by atoms with Gasteiger partial charge in [-0.15, -0.1) is 0 Å². The first-order valence-corrected chi connectivity index (χ1v) is 6.85. The lowest BCUT2D eigenvalue weighted by molar-refractivity contribution is -0.189. The van der Waals surface area contributed by atoms with E-state index in [2.05, 4.69) is 15.3 Å². The third-order valence-electron chi connectivity index (χ3n) is 3.71. The highest BCUT2D eigenvalue weighted by molar-refractivity contribution is 5.81. The Balaban J connectivity index is 2.71. The van der Waals surface area contributed by atoms with Crippen molar-refractivity contribution in [1.29, 1.82) is 0 Å². The van der Waals surface area contributed by atoms with Gasteiger partial charge in [-0.2, -0.15) is 13.2 Å². The van der Waals surface area contributed by atoms with Crippen LogP contribution < -0.4 is 5.32 Å². The quantitative estimate of drug-likeness (QED) is 0.269. The highest BCUT2D eigenvalue weighted by Crippen LogP contribution is 2.41. The molecule has 0 spiro atoms. The molecule has 0 radical (unpaired) electrons. The summed E-state index contributed by atoms with van der Waals surface area (Å²) < 4.78 is 43.1. The van der Waals surface area contributed by atoms with Gasteiger partial charge >= 0.3 is 12.1 Å². The van der Waals surface area contributed by atoms with Crippen molar-refractivity contribution in [2.75, 3.05) is 19.7 Å². The molecule has 1 saturated carbocycles. The van der Waals surface area contributed by atoms with E-state index in [1.165, 1.54) is 0 Å².